The number of carbonyl (C=O) groups is 1. The van der Waals surface area contributed by atoms with Crippen LogP contribution in [0.2, 0.25) is 18.1 Å². The van der Waals surface area contributed by atoms with Crippen LogP contribution in [0.15, 0.2) is 28.7 Å². The predicted molar refractivity (Wildman–Crippen MR) is 106 cm³/mol. The van der Waals surface area contributed by atoms with E-state index in [1.165, 1.54) is 0 Å². The van der Waals surface area contributed by atoms with Crippen LogP contribution in [-0.2, 0) is 4.79 Å². The Hall–Kier alpha value is -0.173. The molecule has 6 heteroatoms. The van der Waals surface area contributed by atoms with Crippen molar-refractivity contribution in [2.24, 2.45) is 5.92 Å². The molecule has 0 spiro atoms. The van der Waals surface area contributed by atoms with Crippen molar-refractivity contribution in [3.8, 4) is 0 Å². The first-order chi connectivity index (χ1) is 10.5. The first kappa shape index (κ1) is 19.2. The van der Waals surface area contributed by atoms with Gasteiger partial charge in [0.2, 0.25) is 5.91 Å². The maximum absolute atomic E-state index is 12.5. The van der Waals surface area contributed by atoms with Gasteiger partial charge in [-0.15, -0.1) is 0 Å². The molecule has 1 aromatic rings. The summed E-state index contributed by atoms with van der Waals surface area (Å²) in [6.45, 7) is 9.01. The Morgan fingerprint density at radius 3 is 2.39 bits per heavy atom. The summed E-state index contributed by atoms with van der Waals surface area (Å²) in [5, 5.41) is -0.0478. The molecule has 0 saturated carbocycles. The predicted octanol–water partition coefficient (Wildman–Crippen LogP) is 4.93. The van der Waals surface area contributed by atoms with Crippen molar-refractivity contribution in [2.45, 2.75) is 49.6 Å². The van der Waals surface area contributed by atoms with Gasteiger partial charge in [-0.05, 0) is 61.2 Å². The number of amides is 1. The lowest BCUT2D eigenvalue weighted by Crippen LogP contribution is -2.39. The van der Waals surface area contributed by atoms with Gasteiger partial charge in [0.1, 0.15) is 0 Å². The molecular formula is C17H25Br2NO2Si. The van der Waals surface area contributed by atoms with E-state index in [-0.39, 0.29) is 21.7 Å². The molecule has 2 atom stereocenters. The van der Waals surface area contributed by atoms with Crippen molar-refractivity contribution < 1.29 is 9.59 Å². The number of alkyl halides is 1. The van der Waals surface area contributed by atoms with Crippen LogP contribution in [-0.4, -0.2) is 30.4 Å². The average Bonchev–Trinajstić information content (AvgIpc) is 2.73. The summed E-state index contributed by atoms with van der Waals surface area (Å²) in [5.74, 6) is 0.414. The third kappa shape index (κ3) is 4.27. The van der Waals surface area contributed by atoms with Crippen LogP contribution >= 0.6 is 31.9 Å². The maximum atomic E-state index is 12.5. The van der Waals surface area contributed by atoms with Crippen molar-refractivity contribution in [1.82, 2.24) is 0 Å². The number of rotatable bonds is 5. The highest BCUT2D eigenvalue weighted by Crippen LogP contribution is 2.43. The zero-order chi connectivity index (χ0) is 17.4. The standard InChI is InChI=1S/C17H25Br2NO2Si/c1-17(2,23(3,4)22)10-9-12-11-20(16(21)15(12)19)14-7-5-13(18)6-8-14/h5-8,12,15,22H,9-11H2,1-4H3. The fourth-order valence-electron chi connectivity index (χ4n) is 2.71. The number of nitrogens with zero attached hydrogens (tertiary/aromatic N) is 1. The molecular weight excluding hydrogens is 438 g/mol. The molecule has 1 N–H and O–H groups in total. The van der Waals surface area contributed by atoms with Crippen LogP contribution in [0.4, 0.5) is 5.69 Å². The van der Waals surface area contributed by atoms with Crippen LogP contribution < -0.4 is 4.90 Å². The van der Waals surface area contributed by atoms with Crippen molar-refractivity contribution in [1.29, 1.82) is 0 Å². The Labute approximate surface area is 156 Å². The van der Waals surface area contributed by atoms with Gasteiger partial charge in [0.05, 0.1) is 4.83 Å². The monoisotopic (exact) mass is 461 g/mol. The molecule has 1 aliphatic rings. The van der Waals surface area contributed by atoms with Crippen LogP contribution in [0, 0.1) is 5.92 Å². The van der Waals surface area contributed by atoms with E-state index in [2.05, 4.69) is 45.7 Å². The summed E-state index contributed by atoms with van der Waals surface area (Å²) in [6, 6.07) is 7.86. The Morgan fingerprint density at radius 1 is 1.30 bits per heavy atom. The first-order valence-corrected chi connectivity index (χ1v) is 12.6. The van der Waals surface area contributed by atoms with Gasteiger partial charge in [0, 0.05) is 16.7 Å². The highest BCUT2D eigenvalue weighted by molar-refractivity contribution is 9.10. The summed E-state index contributed by atoms with van der Waals surface area (Å²) in [5.41, 5.74) is 0.946. The van der Waals surface area contributed by atoms with E-state index in [1.807, 2.05) is 42.3 Å². The molecule has 0 aliphatic carbocycles. The molecule has 1 aromatic carbocycles. The SMILES string of the molecule is CC(C)(CCC1CN(c2ccc(Br)cc2)C(=O)C1Br)[Si](C)(C)O. The van der Waals surface area contributed by atoms with E-state index in [0.717, 1.165) is 29.5 Å². The highest BCUT2D eigenvalue weighted by atomic mass is 79.9. The number of carbonyl (C=O) groups excluding carboxylic acids is 1. The molecule has 2 unspecified atom stereocenters. The third-order valence-electron chi connectivity index (χ3n) is 5.27. The van der Waals surface area contributed by atoms with E-state index in [4.69, 9.17) is 0 Å². The molecule has 1 amide bonds. The van der Waals surface area contributed by atoms with Crippen molar-refractivity contribution >= 4 is 51.8 Å². The number of benzene rings is 1. The van der Waals surface area contributed by atoms with Crippen LogP contribution in [0.1, 0.15) is 26.7 Å². The molecule has 128 valence electrons. The Balaban J connectivity index is 2.05. The number of halogens is 2. The van der Waals surface area contributed by atoms with Gasteiger partial charge in [0.25, 0.3) is 0 Å². The second-order valence-electron chi connectivity index (χ2n) is 7.57. The molecule has 2 rings (SSSR count). The minimum Gasteiger partial charge on any atom is -0.432 e. The number of hydrogen-bond donors (Lipinski definition) is 1. The van der Waals surface area contributed by atoms with E-state index < -0.39 is 8.32 Å². The molecule has 1 fully saturated rings. The van der Waals surface area contributed by atoms with Crippen LogP contribution in [0.5, 0.6) is 0 Å². The summed E-state index contributed by atoms with van der Waals surface area (Å²) in [4.78, 5) is 24.7. The minimum absolute atomic E-state index is 0.0478. The summed E-state index contributed by atoms with van der Waals surface area (Å²) in [7, 11) is -2.20. The zero-order valence-electron chi connectivity index (χ0n) is 14.1. The first-order valence-electron chi connectivity index (χ1n) is 7.96. The van der Waals surface area contributed by atoms with Gasteiger partial charge in [-0.2, -0.15) is 0 Å². The van der Waals surface area contributed by atoms with E-state index in [1.54, 1.807) is 0 Å². The van der Waals surface area contributed by atoms with Gasteiger partial charge in [-0.25, -0.2) is 0 Å². The molecule has 1 saturated heterocycles. The quantitative estimate of drug-likeness (QED) is 0.497. The lowest BCUT2D eigenvalue weighted by atomic mass is 9.96. The molecule has 0 bridgehead atoms. The van der Waals surface area contributed by atoms with Crippen LogP contribution in [0.3, 0.4) is 0 Å². The van der Waals surface area contributed by atoms with Crippen molar-refractivity contribution in [3.63, 3.8) is 0 Å². The molecule has 1 aliphatic heterocycles. The van der Waals surface area contributed by atoms with Crippen molar-refractivity contribution in [2.75, 3.05) is 11.4 Å². The van der Waals surface area contributed by atoms with Gasteiger partial charge in [0.15, 0.2) is 8.32 Å². The van der Waals surface area contributed by atoms with E-state index in [0.29, 0.717) is 0 Å². The smallest absolute Gasteiger partial charge is 0.241 e. The molecule has 3 nitrogen and oxygen atoms in total. The fraction of sp³-hybridized carbons (Fsp3) is 0.588. The maximum Gasteiger partial charge on any atom is 0.241 e. The van der Waals surface area contributed by atoms with Crippen LogP contribution in [0.25, 0.3) is 0 Å². The topological polar surface area (TPSA) is 40.5 Å². The van der Waals surface area contributed by atoms with Gasteiger partial charge in [-0.3, -0.25) is 4.79 Å². The largest absolute Gasteiger partial charge is 0.432 e. The van der Waals surface area contributed by atoms with Gasteiger partial charge in [-0.1, -0.05) is 45.7 Å². The lowest BCUT2D eigenvalue weighted by Gasteiger charge is -2.36. The molecule has 1 heterocycles. The summed E-state index contributed by atoms with van der Waals surface area (Å²) in [6.07, 6.45) is 1.88. The fourth-order valence-corrected chi connectivity index (χ4v) is 4.41. The summed E-state index contributed by atoms with van der Waals surface area (Å²) < 4.78 is 1.01. The highest BCUT2D eigenvalue weighted by Gasteiger charge is 2.42. The van der Waals surface area contributed by atoms with Gasteiger partial charge < -0.3 is 9.70 Å². The second-order valence-corrected chi connectivity index (χ2v) is 13.9. The number of hydrogen-bond acceptors (Lipinski definition) is 2. The third-order valence-corrected chi connectivity index (χ3v) is 10.5. The Bertz CT molecular complexity index is 569. The lowest BCUT2D eigenvalue weighted by molar-refractivity contribution is -0.116. The van der Waals surface area contributed by atoms with Gasteiger partial charge >= 0.3 is 0 Å². The van der Waals surface area contributed by atoms with E-state index in [9.17, 15) is 9.59 Å². The summed E-state index contributed by atoms with van der Waals surface area (Å²) >= 11 is 7.01. The molecule has 0 aromatic heterocycles. The molecule has 0 radical (unpaired) electrons. The Morgan fingerprint density at radius 2 is 1.87 bits per heavy atom. The molecule has 23 heavy (non-hydrogen) atoms. The number of anilines is 1. The second kappa shape index (κ2) is 6.98. The van der Waals surface area contributed by atoms with E-state index >= 15 is 0 Å². The van der Waals surface area contributed by atoms with Crippen molar-refractivity contribution in [3.05, 3.63) is 28.7 Å². The average molecular weight is 463 g/mol. The normalized spacial score (nSPS) is 22.7. The Kier molecular flexibility index (Phi) is 5.81. The zero-order valence-corrected chi connectivity index (χ0v) is 18.3. The minimum atomic E-state index is -2.20.